The molecule has 0 aliphatic carbocycles. The van der Waals surface area contributed by atoms with E-state index < -0.39 is 5.97 Å². The quantitative estimate of drug-likeness (QED) is 0.366. The first-order chi connectivity index (χ1) is 3.42. The van der Waals surface area contributed by atoms with Crippen molar-refractivity contribution in [3.8, 4) is 0 Å². The Morgan fingerprint density at radius 2 is 1.78 bits per heavy atom. The van der Waals surface area contributed by atoms with Gasteiger partial charge in [0, 0.05) is 0 Å². The minimum absolute atomic E-state index is 0. The Hall–Kier alpha value is 2.19. The van der Waals surface area contributed by atoms with E-state index in [1.54, 1.807) is 0 Å². The van der Waals surface area contributed by atoms with Crippen LogP contribution < -0.4 is 0 Å². The molecule has 0 radical (unpaired) electrons. The second-order valence-corrected chi connectivity index (χ2v) is 12.9. The summed E-state index contributed by atoms with van der Waals surface area (Å²) >= 11 is 6.25. The SMILES string of the molecule is O=C(O)CC(I)(I)I.[AlH3]. The van der Waals surface area contributed by atoms with Gasteiger partial charge in [0.15, 0.2) is 17.4 Å². The van der Waals surface area contributed by atoms with E-state index in [4.69, 9.17) is 5.11 Å². The van der Waals surface area contributed by atoms with Crippen LogP contribution in [0.2, 0.25) is 0 Å². The van der Waals surface area contributed by atoms with Crippen molar-refractivity contribution >= 4 is 91.1 Å². The van der Waals surface area contributed by atoms with Crippen molar-refractivity contribution in [1.82, 2.24) is 0 Å². The molecule has 0 fully saturated rings. The van der Waals surface area contributed by atoms with E-state index in [9.17, 15) is 4.79 Å². The lowest BCUT2D eigenvalue weighted by Crippen LogP contribution is -2.07. The van der Waals surface area contributed by atoms with Crippen LogP contribution in [0.15, 0.2) is 0 Å². The van der Waals surface area contributed by atoms with Gasteiger partial charge < -0.3 is 5.11 Å². The minimum atomic E-state index is -0.747. The highest BCUT2D eigenvalue weighted by atomic mass is 127. The Balaban J connectivity index is 0. The smallest absolute Gasteiger partial charge is 0.306 e. The number of carbonyl (C=O) groups is 1. The normalized spacial score (nSPS) is 10.1. The third kappa shape index (κ3) is 13.2. The summed E-state index contributed by atoms with van der Waals surface area (Å²) in [7, 11) is 0. The molecule has 1 N–H and O–H groups in total. The maximum atomic E-state index is 10.0. The fourth-order valence-corrected chi connectivity index (χ4v) is 1.15. The molecule has 0 saturated carbocycles. The van der Waals surface area contributed by atoms with Crippen molar-refractivity contribution in [3.05, 3.63) is 0 Å². The van der Waals surface area contributed by atoms with Gasteiger partial charge in [-0.3, -0.25) is 4.79 Å². The minimum Gasteiger partial charge on any atom is -0.481 e. The van der Waals surface area contributed by atoms with Gasteiger partial charge in [0.25, 0.3) is 0 Å². The molecule has 0 aromatic carbocycles. The van der Waals surface area contributed by atoms with Crippen molar-refractivity contribution in [3.63, 3.8) is 0 Å². The zero-order chi connectivity index (χ0) is 6.78. The Morgan fingerprint density at radius 1 is 1.44 bits per heavy atom. The highest BCUT2D eigenvalue weighted by molar-refractivity contribution is 14.3. The van der Waals surface area contributed by atoms with Gasteiger partial charge in [0.2, 0.25) is 0 Å². The summed E-state index contributed by atoms with van der Waals surface area (Å²) in [5, 5.41) is 8.23. The summed E-state index contributed by atoms with van der Waals surface area (Å²) in [4.78, 5) is 10.0. The van der Waals surface area contributed by atoms with Crippen LogP contribution >= 0.6 is 67.8 Å². The molecule has 0 aromatic heterocycles. The fraction of sp³-hybridized carbons (Fsp3) is 0.667. The van der Waals surface area contributed by atoms with Crippen LogP contribution in [0.5, 0.6) is 0 Å². The van der Waals surface area contributed by atoms with Gasteiger partial charge >= 0.3 is 5.97 Å². The van der Waals surface area contributed by atoms with E-state index in [1.165, 1.54) is 0 Å². The molecule has 0 aliphatic rings. The van der Waals surface area contributed by atoms with Crippen molar-refractivity contribution in [2.45, 2.75) is 5.86 Å². The van der Waals surface area contributed by atoms with E-state index in [1.807, 2.05) is 0 Å². The summed E-state index contributed by atoms with van der Waals surface area (Å²) in [5.41, 5.74) is 0. The predicted octanol–water partition coefficient (Wildman–Crippen LogP) is 1.24. The van der Waals surface area contributed by atoms with Crippen LogP contribution in [0.3, 0.4) is 0 Å². The zero-order valence-corrected chi connectivity index (χ0v) is 10.2. The topological polar surface area (TPSA) is 37.3 Å². The van der Waals surface area contributed by atoms with Gasteiger partial charge in [-0.2, -0.15) is 0 Å². The largest absolute Gasteiger partial charge is 0.481 e. The van der Waals surface area contributed by atoms with Crippen LogP contribution in [0.25, 0.3) is 0 Å². The molecule has 9 heavy (non-hydrogen) atoms. The summed E-state index contributed by atoms with van der Waals surface area (Å²) in [5.74, 6) is -0.747. The molecular weight excluding hydrogens is 476 g/mol. The highest BCUT2D eigenvalue weighted by Crippen LogP contribution is 2.38. The van der Waals surface area contributed by atoms with E-state index in [2.05, 4.69) is 67.8 Å². The van der Waals surface area contributed by atoms with Gasteiger partial charge in [-0.25, -0.2) is 0 Å². The molecule has 2 nitrogen and oxygen atoms in total. The molecule has 0 aromatic rings. The number of rotatable bonds is 2. The van der Waals surface area contributed by atoms with E-state index in [0.717, 1.165) is 0 Å². The Labute approximate surface area is 105 Å². The first-order valence-electron chi connectivity index (χ1n) is 1.70. The van der Waals surface area contributed by atoms with Crippen LogP contribution in [0, 0.1) is 0 Å². The van der Waals surface area contributed by atoms with Crippen molar-refractivity contribution in [1.29, 1.82) is 0 Å². The van der Waals surface area contributed by atoms with Gasteiger partial charge in [-0.15, -0.1) is 0 Å². The predicted molar refractivity (Wildman–Crippen MR) is 67.0 cm³/mol. The van der Waals surface area contributed by atoms with Gasteiger partial charge in [0.05, 0.1) is 6.42 Å². The van der Waals surface area contributed by atoms with E-state index in [0.29, 0.717) is 0 Å². The number of halogens is 3. The number of alkyl halides is 3. The first kappa shape index (κ1) is 13.8. The van der Waals surface area contributed by atoms with Crippen molar-refractivity contribution < 1.29 is 9.90 Å². The van der Waals surface area contributed by atoms with Crippen LogP contribution in [-0.4, -0.2) is 27.9 Å². The second-order valence-electron chi connectivity index (χ2n) is 1.19. The van der Waals surface area contributed by atoms with Crippen LogP contribution in [-0.2, 0) is 4.79 Å². The Bertz CT molecular complexity index is 99.7. The lowest BCUT2D eigenvalue weighted by Gasteiger charge is -2.05. The van der Waals surface area contributed by atoms with Gasteiger partial charge in [0.1, 0.15) is -0.565 Å². The number of carboxylic acid groups (broad SMARTS) is 1. The fourth-order valence-electron chi connectivity index (χ4n) is 0.171. The van der Waals surface area contributed by atoms with Gasteiger partial charge in [-0.1, -0.05) is 67.8 Å². The maximum absolute atomic E-state index is 10.0. The molecule has 0 amide bonds. The lowest BCUT2D eigenvalue weighted by molar-refractivity contribution is -0.136. The van der Waals surface area contributed by atoms with E-state index in [-0.39, 0.29) is 23.2 Å². The Morgan fingerprint density at radius 3 is 1.78 bits per heavy atom. The molecule has 0 rings (SSSR count). The average molecular weight is 482 g/mol. The van der Waals surface area contributed by atoms with Gasteiger partial charge in [-0.05, 0) is 0 Å². The monoisotopic (exact) mass is 482 g/mol. The molecule has 0 spiro atoms. The molecule has 0 aliphatic heterocycles. The van der Waals surface area contributed by atoms with Crippen LogP contribution in [0.1, 0.15) is 6.42 Å². The first-order valence-corrected chi connectivity index (χ1v) is 4.94. The van der Waals surface area contributed by atoms with E-state index >= 15 is 0 Å². The number of hydrogen-bond acceptors (Lipinski definition) is 1. The molecule has 54 valence electrons. The second kappa shape index (κ2) is 5.79. The molecule has 0 atom stereocenters. The molecular formula is C3H6AlI3O2. The molecule has 0 bridgehead atoms. The number of hydrogen-bond donors (Lipinski definition) is 1. The molecule has 0 heterocycles. The third-order valence-electron chi connectivity index (χ3n) is 0.352. The van der Waals surface area contributed by atoms with Crippen LogP contribution in [0.4, 0.5) is 0 Å². The summed E-state index contributed by atoms with van der Waals surface area (Å²) in [6.45, 7) is 0. The molecule has 6 heteroatoms. The molecule has 0 unspecified atom stereocenters. The van der Waals surface area contributed by atoms with Crippen molar-refractivity contribution in [2.24, 2.45) is 0 Å². The summed E-state index contributed by atoms with van der Waals surface area (Å²) in [6, 6.07) is 0. The molecule has 0 saturated heterocycles. The number of carboxylic acids is 1. The third-order valence-corrected chi connectivity index (χ3v) is 1.50. The number of aliphatic carboxylic acids is 1. The Kier molecular flexibility index (Phi) is 8.86. The lowest BCUT2D eigenvalue weighted by atomic mass is 10.5. The van der Waals surface area contributed by atoms with Crippen molar-refractivity contribution in [2.75, 3.05) is 0 Å². The summed E-state index contributed by atoms with van der Waals surface area (Å²) in [6.07, 6.45) is 0.203. The zero-order valence-electron chi connectivity index (χ0n) is 3.70. The highest BCUT2D eigenvalue weighted by Gasteiger charge is 2.20. The summed E-state index contributed by atoms with van der Waals surface area (Å²) < 4.78 is -0.168. The maximum Gasteiger partial charge on any atom is 0.306 e. The standard InChI is InChI=1S/C3H3I3O2.Al.3H/c4-3(5,6)1-2(7)8;;;;/h1H2,(H,7,8);;;;. The average Bonchev–Trinajstić information content (AvgIpc) is 1.21.